The molecule has 0 saturated heterocycles. The van der Waals surface area contributed by atoms with Gasteiger partial charge in [-0.15, -0.1) is 0 Å². The van der Waals surface area contributed by atoms with Crippen molar-refractivity contribution in [2.24, 2.45) is 11.8 Å². The molecular weight excluding hydrogens is 295 g/mol. The van der Waals surface area contributed by atoms with Crippen LogP contribution in [0.2, 0.25) is 0 Å². The number of hydrogen-bond donors (Lipinski definition) is 1. The van der Waals surface area contributed by atoms with E-state index in [0.717, 1.165) is 0 Å². The SMILES string of the molecule is CC(C)(C)n1cc(NC(=O)C2CCCCC2C(F)(F)F)cn1. The lowest BCUT2D eigenvalue weighted by Gasteiger charge is -2.31. The van der Waals surface area contributed by atoms with Crippen molar-refractivity contribution < 1.29 is 18.0 Å². The summed E-state index contributed by atoms with van der Waals surface area (Å²) in [6.07, 6.45) is 0.282. The van der Waals surface area contributed by atoms with E-state index in [0.29, 0.717) is 18.5 Å². The van der Waals surface area contributed by atoms with Crippen LogP contribution in [0.4, 0.5) is 18.9 Å². The van der Waals surface area contributed by atoms with E-state index in [1.165, 1.54) is 6.20 Å². The van der Waals surface area contributed by atoms with E-state index in [1.807, 2.05) is 20.8 Å². The molecule has 1 N–H and O–H groups in total. The molecule has 1 aromatic heterocycles. The van der Waals surface area contributed by atoms with Crippen molar-refractivity contribution in [3.63, 3.8) is 0 Å². The number of carbonyl (C=O) groups excluding carboxylic acids is 1. The first kappa shape index (κ1) is 16.8. The summed E-state index contributed by atoms with van der Waals surface area (Å²) in [6, 6.07) is 0. The molecule has 1 aliphatic rings. The van der Waals surface area contributed by atoms with Gasteiger partial charge >= 0.3 is 6.18 Å². The fourth-order valence-corrected chi connectivity index (χ4v) is 2.83. The number of carbonyl (C=O) groups is 1. The van der Waals surface area contributed by atoms with Gasteiger partial charge in [-0.05, 0) is 33.6 Å². The molecule has 0 radical (unpaired) electrons. The number of nitrogens with one attached hydrogen (secondary N) is 1. The van der Waals surface area contributed by atoms with Crippen molar-refractivity contribution in [1.82, 2.24) is 9.78 Å². The van der Waals surface area contributed by atoms with Gasteiger partial charge in [0.05, 0.1) is 23.3 Å². The van der Waals surface area contributed by atoms with E-state index in [-0.39, 0.29) is 18.4 Å². The lowest BCUT2D eigenvalue weighted by molar-refractivity contribution is -0.197. The van der Waals surface area contributed by atoms with Crippen LogP contribution in [0.3, 0.4) is 0 Å². The Balaban J connectivity index is 2.09. The third kappa shape index (κ3) is 3.81. The minimum Gasteiger partial charge on any atom is -0.323 e. The summed E-state index contributed by atoms with van der Waals surface area (Å²) in [5, 5.41) is 6.72. The molecule has 2 atom stereocenters. The third-order valence-electron chi connectivity index (χ3n) is 4.06. The Morgan fingerprint density at radius 1 is 1.27 bits per heavy atom. The number of amides is 1. The Hall–Kier alpha value is -1.53. The standard InChI is InChI=1S/C15H22F3N3O/c1-14(2,3)21-9-10(8-19-21)20-13(22)11-6-4-5-7-12(11)15(16,17)18/h8-9,11-12H,4-7H2,1-3H3,(H,20,22). The van der Waals surface area contributed by atoms with Crippen molar-refractivity contribution in [2.75, 3.05) is 5.32 Å². The Bertz CT molecular complexity index is 531. The number of anilines is 1. The van der Waals surface area contributed by atoms with Crippen molar-refractivity contribution >= 4 is 11.6 Å². The molecule has 1 heterocycles. The van der Waals surface area contributed by atoms with Crippen LogP contribution >= 0.6 is 0 Å². The summed E-state index contributed by atoms with van der Waals surface area (Å²) in [5.74, 6) is -3.11. The number of rotatable bonds is 2. The van der Waals surface area contributed by atoms with Gasteiger partial charge in [-0.25, -0.2) is 0 Å². The predicted octanol–water partition coefficient (Wildman–Crippen LogP) is 3.95. The molecule has 1 aliphatic carbocycles. The van der Waals surface area contributed by atoms with Gasteiger partial charge in [-0.3, -0.25) is 9.48 Å². The highest BCUT2D eigenvalue weighted by Gasteiger charge is 2.48. The Morgan fingerprint density at radius 3 is 2.45 bits per heavy atom. The summed E-state index contributed by atoms with van der Waals surface area (Å²) in [5.41, 5.74) is 0.189. The monoisotopic (exact) mass is 317 g/mol. The van der Waals surface area contributed by atoms with Gasteiger partial charge in [0.1, 0.15) is 0 Å². The van der Waals surface area contributed by atoms with Crippen LogP contribution in [0, 0.1) is 11.8 Å². The van der Waals surface area contributed by atoms with Gasteiger partial charge in [-0.2, -0.15) is 18.3 Å². The van der Waals surface area contributed by atoms with Crippen LogP contribution in [0.15, 0.2) is 12.4 Å². The van der Waals surface area contributed by atoms with Crippen LogP contribution < -0.4 is 5.32 Å². The summed E-state index contributed by atoms with van der Waals surface area (Å²) in [7, 11) is 0. The average Bonchev–Trinajstić information content (AvgIpc) is 2.86. The van der Waals surface area contributed by atoms with E-state index in [2.05, 4.69) is 10.4 Å². The third-order valence-corrected chi connectivity index (χ3v) is 4.06. The van der Waals surface area contributed by atoms with Crippen molar-refractivity contribution in [1.29, 1.82) is 0 Å². The molecule has 0 aromatic carbocycles. The normalized spacial score (nSPS) is 23.4. The van der Waals surface area contributed by atoms with Crippen LogP contribution in [0.25, 0.3) is 0 Å². The van der Waals surface area contributed by atoms with Gasteiger partial charge in [0, 0.05) is 12.1 Å². The summed E-state index contributed by atoms with van der Waals surface area (Å²) in [6.45, 7) is 5.85. The molecule has 1 aromatic rings. The van der Waals surface area contributed by atoms with Crippen molar-refractivity contribution in [3.05, 3.63) is 12.4 Å². The maximum atomic E-state index is 13.1. The van der Waals surface area contributed by atoms with Crippen molar-refractivity contribution in [2.45, 2.75) is 58.2 Å². The Labute approximate surface area is 128 Å². The second-order valence-corrected chi connectivity index (χ2v) is 6.87. The minimum atomic E-state index is -4.32. The minimum absolute atomic E-state index is 0.0306. The topological polar surface area (TPSA) is 46.9 Å². The highest BCUT2D eigenvalue weighted by atomic mass is 19.4. The number of halogens is 3. The summed E-state index contributed by atoms with van der Waals surface area (Å²) >= 11 is 0. The molecule has 0 aliphatic heterocycles. The zero-order chi connectivity index (χ0) is 16.5. The molecule has 1 fully saturated rings. The molecule has 2 rings (SSSR count). The molecule has 7 heteroatoms. The van der Waals surface area contributed by atoms with Crippen LogP contribution in [0.1, 0.15) is 46.5 Å². The Morgan fingerprint density at radius 2 is 1.91 bits per heavy atom. The number of hydrogen-bond acceptors (Lipinski definition) is 2. The largest absolute Gasteiger partial charge is 0.392 e. The molecule has 0 bridgehead atoms. The van der Waals surface area contributed by atoms with E-state index in [9.17, 15) is 18.0 Å². The molecular formula is C15H22F3N3O. The maximum Gasteiger partial charge on any atom is 0.392 e. The van der Waals surface area contributed by atoms with Crippen LogP contribution in [0.5, 0.6) is 0 Å². The predicted molar refractivity (Wildman–Crippen MR) is 77.4 cm³/mol. The lowest BCUT2D eigenvalue weighted by atomic mass is 9.78. The van der Waals surface area contributed by atoms with E-state index < -0.39 is 23.9 Å². The molecule has 2 unspecified atom stereocenters. The highest BCUT2D eigenvalue weighted by Crippen LogP contribution is 2.41. The summed E-state index contributed by atoms with van der Waals surface area (Å²) in [4.78, 5) is 12.2. The fraction of sp³-hybridized carbons (Fsp3) is 0.733. The van der Waals surface area contributed by atoms with E-state index in [4.69, 9.17) is 0 Å². The van der Waals surface area contributed by atoms with Crippen LogP contribution in [-0.2, 0) is 10.3 Å². The number of nitrogens with zero attached hydrogens (tertiary/aromatic N) is 2. The lowest BCUT2D eigenvalue weighted by Crippen LogP contribution is -2.39. The first-order chi connectivity index (χ1) is 10.1. The number of alkyl halides is 3. The van der Waals surface area contributed by atoms with E-state index >= 15 is 0 Å². The van der Waals surface area contributed by atoms with E-state index in [1.54, 1.807) is 10.9 Å². The summed E-state index contributed by atoms with van der Waals surface area (Å²) < 4.78 is 40.8. The van der Waals surface area contributed by atoms with Crippen LogP contribution in [-0.4, -0.2) is 21.9 Å². The molecule has 22 heavy (non-hydrogen) atoms. The molecule has 4 nitrogen and oxygen atoms in total. The second kappa shape index (κ2) is 5.93. The maximum absolute atomic E-state index is 13.1. The zero-order valence-electron chi connectivity index (χ0n) is 13.1. The first-order valence-corrected chi connectivity index (χ1v) is 7.52. The van der Waals surface area contributed by atoms with Gasteiger partial charge in [-0.1, -0.05) is 12.8 Å². The second-order valence-electron chi connectivity index (χ2n) is 6.87. The zero-order valence-corrected chi connectivity index (χ0v) is 13.1. The van der Waals surface area contributed by atoms with Gasteiger partial charge in [0.2, 0.25) is 5.91 Å². The fourth-order valence-electron chi connectivity index (χ4n) is 2.83. The average molecular weight is 317 g/mol. The molecule has 0 spiro atoms. The highest BCUT2D eigenvalue weighted by molar-refractivity contribution is 5.92. The van der Waals surface area contributed by atoms with Gasteiger partial charge < -0.3 is 5.32 Å². The first-order valence-electron chi connectivity index (χ1n) is 7.52. The van der Waals surface area contributed by atoms with Gasteiger partial charge in [0.15, 0.2) is 0 Å². The molecule has 1 saturated carbocycles. The quantitative estimate of drug-likeness (QED) is 0.898. The smallest absolute Gasteiger partial charge is 0.323 e. The molecule has 124 valence electrons. The van der Waals surface area contributed by atoms with Gasteiger partial charge in [0.25, 0.3) is 0 Å². The molecule has 1 amide bonds. The number of aromatic nitrogens is 2. The van der Waals surface area contributed by atoms with Crippen molar-refractivity contribution in [3.8, 4) is 0 Å². The Kier molecular flexibility index (Phi) is 4.54.